The Hall–Kier alpha value is -2.48. The third-order valence-electron chi connectivity index (χ3n) is 4.54. The minimum Gasteiger partial charge on any atom is -0.460 e. The zero-order chi connectivity index (χ0) is 20.8. The van der Waals surface area contributed by atoms with Gasteiger partial charge in [0.1, 0.15) is 6.61 Å². The molecular formula is C20H26F2N2O4. The summed E-state index contributed by atoms with van der Waals surface area (Å²) in [5.41, 5.74) is 0.876. The van der Waals surface area contributed by atoms with Crippen molar-refractivity contribution in [3.05, 3.63) is 46.7 Å². The summed E-state index contributed by atoms with van der Waals surface area (Å²) in [6.45, 7) is 6.40. The quantitative estimate of drug-likeness (QED) is 0.539. The van der Waals surface area contributed by atoms with Crippen molar-refractivity contribution in [3.63, 3.8) is 0 Å². The average molecular weight is 396 g/mol. The van der Waals surface area contributed by atoms with E-state index in [2.05, 4.69) is 5.32 Å². The number of esters is 1. The van der Waals surface area contributed by atoms with Crippen LogP contribution in [0.15, 0.2) is 29.5 Å². The van der Waals surface area contributed by atoms with E-state index >= 15 is 0 Å². The van der Waals surface area contributed by atoms with Crippen molar-refractivity contribution in [3.8, 4) is 0 Å². The van der Waals surface area contributed by atoms with Gasteiger partial charge in [-0.25, -0.2) is 18.4 Å². The number of halogens is 2. The van der Waals surface area contributed by atoms with Crippen molar-refractivity contribution in [2.24, 2.45) is 5.92 Å². The standard InChI is InChI=1S/C20H26F2N2O4/c1-12(2)7-8-24-13(3)17(19(25)28-10-9-27-4)18(23-20(24)26)14-5-6-15(21)16(22)11-14/h5-6,11-12,18H,7-10H2,1-4H3,(H,23,26)/t18-/m0/s1. The van der Waals surface area contributed by atoms with Crippen LogP contribution in [0, 0.1) is 17.6 Å². The lowest BCUT2D eigenvalue weighted by Crippen LogP contribution is -2.48. The summed E-state index contributed by atoms with van der Waals surface area (Å²) in [6.07, 6.45) is 0.743. The van der Waals surface area contributed by atoms with Crippen molar-refractivity contribution in [1.29, 1.82) is 0 Å². The van der Waals surface area contributed by atoms with E-state index in [4.69, 9.17) is 9.47 Å². The highest BCUT2D eigenvalue weighted by Crippen LogP contribution is 2.32. The Labute approximate surface area is 163 Å². The van der Waals surface area contributed by atoms with Crippen LogP contribution in [-0.4, -0.2) is 43.8 Å². The summed E-state index contributed by atoms with van der Waals surface area (Å²) in [4.78, 5) is 26.8. The first kappa shape index (κ1) is 21.8. The molecule has 1 aliphatic heterocycles. The molecule has 1 aromatic rings. The van der Waals surface area contributed by atoms with Crippen molar-refractivity contribution in [2.75, 3.05) is 26.9 Å². The highest BCUT2D eigenvalue weighted by molar-refractivity contribution is 5.95. The van der Waals surface area contributed by atoms with E-state index in [0.717, 1.165) is 18.6 Å². The van der Waals surface area contributed by atoms with Crippen LogP contribution in [0.2, 0.25) is 0 Å². The Balaban J connectivity index is 2.42. The minimum absolute atomic E-state index is 0.0382. The van der Waals surface area contributed by atoms with Crippen molar-refractivity contribution in [2.45, 2.75) is 33.2 Å². The van der Waals surface area contributed by atoms with Gasteiger partial charge < -0.3 is 14.8 Å². The van der Waals surface area contributed by atoms with E-state index in [1.165, 1.54) is 18.1 Å². The molecular weight excluding hydrogens is 370 g/mol. The first-order valence-electron chi connectivity index (χ1n) is 9.16. The molecule has 6 nitrogen and oxygen atoms in total. The SMILES string of the molecule is COCCOC(=O)C1=C(C)N(CCC(C)C)C(=O)N[C@H]1c1ccc(F)c(F)c1. The lowest BCUT2D eigenvalue weighted by Gasteiger charge is -2.35. The lowest BCUT2D eigenvalue weighted by atomic mass is 9.94. The third kappa shape index (κ3) is 5.07. The molecule has 1 aliphatic rings. The van der Waals surface area contributed by atoms with E-state index in [1.807, 2.05) is 13.8 Å². The van der Waals surface area contributed by atoms with Crippen LogP contribution >= 0.6 is 0 Å². The van der Waals surface area contributed by atoms with Crippen LogP contribution < -0.4 is 5.32 Å². The van der Waals surface area contributed by atoms with Crippen LogP contribution in [0.4, 0.5) is 13.6 Å². The summed E-state index contributed by atoms with van der Waals surface area (Å²) >= 11 is 0. The second kappa shape index (κ2) is 9.64. The number of nitrogens with one attached hydrogen (secondary N) is 1. The van der Waals surface area contributed by atoms with Gasteiger partial charge in [0.2, 0.25) is 0 Å². The molecule has 1 N–H and O–H groups in total. The van der Waals surface area contributed by atoms with Crippen LogP contribution in [0.25, 0.3) is 0 Å². The molecule has 0 fully saturated rings. The molecule has 0 spiro atoms. The fourth-order valence-corrected chi connectivity index (χ4v) is 2.94. The van der Waals surface area contributed by atoms with Gasteiger partial charge in [-0.1, -0.05) is 19.9 Å². The monoisotopic (exact) mass is 396 g/mol. The van der Waals surface area contributed by atoms with Crippen LogP contribution in [0.5, 0.6) is 0 Å². The number of carbonyl (C=O) groups excluding carboxylic acids is 2. The molecule has 1 atom stereocenters. The number of hydrogen-bond acceptors (Lipinski definition) is 4. The number of urea groups is 1. The molecule has 0 aliphatic carbocycles. The highest BCUT2D eigenvalue weighted by atomic mass is 19.2. The number of methoxy groups -OCH3 is 1. The molecule has 2 rings (SSSR count). The summed E-state index contributed by atoms with van der Waals surface area (Å²) in [6, 6.07) is 1.93. The topological polar surface area (TPSA) is 67.9 Å². The molecule has 0 saturated carbocycles. The predicted octanol–water partition coefficient (Wildman–Crippen LogP) is 3.54. The van der Waals surface area contributed by atoms with Crippen LogP contribution in [0.1, 0.15) is 38.8 Å². The summed E-state index contributed by atoms with van der Waals surface area (Å²) in [5, 5.41) is 2.71. The van der Waals surface area contributed by atoms with Crippen LogP contribution in [-0.2, 0) is 14.3 Å². The van der Waals surface area contributed by atoms with Crippen LogP contribution in [0.3, 0.4) is 0 Å². The summed E-state index contributed by atoms with van der Waals surface area (Å²) in [7, 11) is 1.48. The van der Waals surface area contributed by atoms with E-state index in [0.29, 0.717) is 18.2 Å². The fourth-order valence-electron chi connectivity index (χ4n) is 2.94. The largest absolute Gasteiger partial charge is 0.460 e. The molecule has 0 bridgehead atoms. The van der Waals surface area contributed by atoms with Gasteiger partial charge >= 0.3 is 12.0 Å². The first-order valence-corrected chi connectivity index (χ1v) is 9.16. The second-order valence-electron chi connectivity index (χ2n) is 7.02. The number of hydrogen-bond donors (Lipinski definition) is 1. The van der Waals surface area contributed by atoms with Crippen molar-refractivity contribution < 1.29 is 27.8 Å². The molecule has 8 heteroatoms. The molecule has 154 valence electrons. The number of rotatable bonds is 8. The Morgan fingerprint density at radius 3 is 2.57 bits per heavy atom. The number of carbonyl (C=O) groups is 2. The van der Waals surface area contributed by atoms with Gasteiger partial charge in [-0.2, -0.15) is 0 Å². The Kier molecular flexibility index (Phi) is 7.51. The number of nitrogens with zero attached hydrogens (tertiary/aromatic N) is 1. The third-order valence-corrected chi connectivity index (χ3v) is 4.54. The number of allylic oxidation sites excluding steroid dienone is 1. The maximum atomic E-state index is 13.7. The van der Waals surface area contributed by atoms with E-state index in [9.17, 15) is 18.4 Å². The van der Waals surface area contributed by atoms with Gasteiger partial charge in [-0.05, 0) is 37.0 Å². The second-order valence-corrected chi connectivity index (χ2v) is 7.02. The number of ether oxygens (including phenoxy) is 2. The molecule has 2 amide bonds. The molecule has 0 radical (unpaired) electrons. The normalized spacial score (nSPS) is 17.2. The van der Waals surface area contributed by atoms with E-state index in [1.54, 1.807) is 6.92 Å². The molecule has 1 aromatic carbocycles. The average Bonchev–Trinajstić information content (AvgIpc) is 2.63. The Bertz CT molecular complexity index is 765. The Morgan fingerprint density at radius 1 is 1.25 bits per heavy atom. The first-order chi connectivity index (χ1) is 13.3. The van der Waals surface area contributed by atoms with Gasteiger partial charge in [-0.3, -0.25) is 4.90 Å². The highest BCUT2D eigenvalue weighted by Gasteiger charge is 2.36. The van der Waals surface area contributed by atoms with E-state index in [-0.39, 0.29) is 24.4 Å². The van der Waals surface area contributed by atoms with Gasteiger partial charge in [0.05, 0.1) is 18.2 Å². The lowest BCUT2D eigenvalue weighted by molar-refractivity contribution is -0.140. The predicted molar refractivity (Wildman–Crippen MR) is 99.3 cm³/mol. The van der Waals surface area contributed by atoms with Crippen molar-refractivity contribution >= 4 is 12.0 Å². The molecule has 0 aromatic heterocycles. The maximum Gasteiger partial charge on any atom is 0.338 e. The fraction of sp³-hybridized carbons (Fsp3) is 0.500. The van der Waals surface area contributed by atoms with Gasteiger partial charge in [0, 0.05) is 19.4 Å². The molecule has 1 heterocycles. The Morgan fingerprint density at radius 2 is 1.96 bits per heavy atom. The van der Waals surface area contributed by atoms with Gasteiger partial charge in [-0.15, -0.1) is 0 Å². The smallest absolute Gasteiger partial charge is 0.338 e. The minimum atomic E-state index is -1.06. The van der Waals surface area contributed by atoms with Gasteiger partial charge in [0.15, 0.2) is 11.6 Å². The maximum absolute atomic E-state index is 13.7. The zero-order valence-electron chi connectivity index (χ0n) is 16.6. The van der Waals surface area contributed by atoms with Gasteiger partial charge in [0.25, 0.3) is 0 Å². The molecule has 0 unspecified atom stereocenters. The molecule has 0 saturated heterocycles. The number of amides is 2. The van der Waals surface area contributed by atoms with Crippen molar-refractivity contribution in [1.82, 2.24) is 10.2 Å². The zero-order valence-corrected chi connectivity index (χ0v) is 16.6. The van der Waals surface area contributed by atoms with E-state index < -0.39 is 29.7 Å². The molecule has 28 heavy (non-hydrogen) atoms. The summed E-state index contributed by atoms with van der Waals surface area (Å²) in [5.74, 6) is -2.34. The summed E-state index contributed by atoms with van der Waals surface area (Å²) < 4.78 is 37.2. The number of benzene rings is 1.